The highest BCUT2D eigenvalue weighted by molar-refractivity contribution is 7.11. The lowest BCUT2D eigenvalue weighted by Gasteiger charge is -2.06. The van der Waals surface area contributed by atoms with Crippen molar-refractivity contribution < 1.29 is 13.2 Å². The maximum atomic E-state index is 13.0. The van der Waals surface area contributed by atoms with Gasteiger partial charge in [0.15, 0.2) is 5.69 Å². The molecule has 21 heavy (non-hydrogen) atoms. The maximum absolute atomic E-state index is 13.0. The van der Waals surface area contributed by atoms with Crippen LogP contribution in [0.15, 0.2) is 24.4 Å². The molecule has 0 radical (unpaired) electrons. The summed E-state index contributed by atoms with van der Waals surface area (Å²) in [5.74, 6) is 0. The Kier molecular flexibility index (Phi) is 5.30. The third-order valence-electron chi connectivity index (χ3n) is 2.78. The minimum Gasteiger partial charge on any atom is -0.312 e. The van der Waals surface area contributed by atoms with Crippen molar-refractivity contribution in [1.82, 2.24) is 15.3 Å². The van der Waals surface area contributed by atoms with E-state index in [0.29, 0.717) is 23.7 Å². The number of nitrogens with one attached hydrogen (secondary N) is 1. The van der Waals surface area contributed by atoms with Crippen molar-refractivity contribution in [3.63, 3.8) is 0 Å². The molecular formula is C14H16F3N3S. The van der Waals surface area contributed by atoms with Crippen LogP contribution in [-0.4, -0.2) is 16.5 Å². The maximum Gasteiger partial charge on any atom is 0.434 e. The molecular weight excluding hydrogens is 299 g/mol. The fourth-order valence-electron chi connectivity index (χ4n) is 1.85. The molecule has 2 heterocycles. The number of thiazole rings is 1. The van der Waals surface area contributed by atoms with Gasteiger partial charge in [0, 0.05) is 24.9 Å². The molecule has 0 saturated heterocycles. The molecule has 0 saturated carbocycles. The van der Waals surface area contributed by atoms with Crippen LogP contribution in [0.4, 0.5) is 13.2 Å². The number of hydrogen-bond acceptors (Lipinski definition) is 4. The van der Waals surface area contributed by atoms with Crippen molar-refractivity contribution >= 4 is 11.3 Å². The molecule has 0 aliphatic heterocycles. The van der Waals surface area contributed by atoms with E-state index >= 15 is 0 Å². The molecule has 2 aromatic heterocycles. The Balaban J connectivity index is 2.19. The molecule has 0 spiro atoms. The van der Waals surface area contributed by atoms with Crippen molar-refractivity contribution in [3.8, 4) is 0 Å². The molecule has 2 aromatic rings. The second-order valence-electron chi connectivity index (χ2n) is 4.55. The number of aromatic nitrogens is 2. The minimum atomic E-state index is -4.41. The average Bonchev–Trinajstić information content (AvgIpc) is 2.83. The quantitative estimate of drug-likeness (QED) is 0.827. The summed E-state index contributed by atoms with van der Waals surface area (Å²) in [5.41, 5.74) is -0.0601. The number of halogens is 3. The molecule has 0 aromatic carbocycles. The first-order chi connectivity index (χ1) is 10.0. The highest BCUT2D eigenvalue weighted by Gasteiger charge is 2.37. The van der Waals surface area contributed by atoms with Gasteiger partial charge in [-0.2, -0.15) is 13.2 Å². The number of alkyl halides is 3. The Bertz CT molecular complexity index is 567. The van der Waals surface area contributed by atoms with E-state index in [1.165, 1.54) is 0 Å². The summed E-state index contributed by atoms with van der Waals surface area (Å²) in [7, 11) is 0. The van der Waals surface area contributed by atoms with Crippen molar-refractivity contribution in [2.24, 2.45) is 0 Å². The molecule has 7 heteroatoms. The molecule has 3 nitrogen and oxygen atoms in total. The van der Waals surface area contributed by atoms with Crippen molar-refractivity contribution in [2.75, 3.05) is 6.54 Å². The van der Waals surface area contributed by atoms with Crippen LogP contribution >= 0.6 is 11.3 Å². The van der Waals surface area contributed by atoms with E-state index in [-0.39, 0.29) is 11.4 Å². The lowest BCUT2D eigenvalue weighted by molar-refractivity contribution is -0.141. The Hall–Kier alpha value is -1.47. The van der Waals surface area contributed by atoms with Gasteiger partial charge < -0.3 is 5.32 Å². The fraction of sp³-hybridized carbons (Fsp3) is 0.429. The van der Waals surface area contributed by atoms with Crippen molar-refractivity contribution in [2.45, 2.75) is 32.5 Å². The summed E-state index contributed by atoms with van der Waals surface area (Å²) in [5, 5.41) is 3.44. The van der Waals surface area contributed by atoms with Crippen LogP contribution < -0.4 is 5.32 Å². The highest BCUT2D eigenvalue weighted by Crippen LogP contribution is 2.34. The van der Waals surface area contributed by atoms with E-state index in [2.05, 4.69) is 15.3 Å². The first-order valence-corrected chi connectivity index (χ1v) is 7.48. The monoisotopic (exact) mass is 315 g/mol. The first kappa shape index (κ1) is 15.9. The number of rotatable bonds is 6. The summed E-state index contributed by atoms with van der Waals surface area (Å²) in [6, 6.07) is 5.36. The molecule has 0 atom stereocenters. The van der Waals surface area contributed by atoms with Crippen LogP contribution in [0.5, 0.6) is 0 Å². The summed E-state index contributed by atoms with van der Waals surface area (Å²) in [6.45, 7) is 2.85. The predicted molar refractivity (Wildman–Crippen MR) is 76.2 cm³/mol. The standard InChI is InChI=1S/C14H16F3N3S/c1-2-6-18-9-11-13(14(15,16)17)20-12(21-11)8-10-5-3-4-7-19-10/h3-5,7,18H,2,6,8-9H2,1H3. The third kappa shape index (κ3) is 4.50. The van der Waals surface area contributed by atoms with E-state index in [4.69, 9.17) is 0 Å². The van der Waals surface area contributed by atoms with Crippen LogP contribution in [0.25, 0.3) is 0 Å². The Labute approximate surface area is 125 Å². The van der Waals surface area contributed by atoms with Crippen LogP contribution in [0.3, 0.4) is 0 Å². The van der Waals surface area contributed by atoms with E-state index in [0.717, 1.165) is 17.8 Å². The average molecular weight is 315 g/mol. The Morgan fingerprint density at radius 1 is 1.29 bits per heavy atom. The Morgan fingerprint density at radius 3 is 2.71 bits per heavy atom. The third-order valence-corrected chi connectivity index (χ3v) is 3.84. The molecule has 2 rings (SSSR count). The smallest absolute Gasteiger partial charge is 0.312 e. The van der Waals surface area contributed by atoms with E-state index < -0.39 is 11.9 Å². The second-order valence-corrected chi connectivity index (χ2v) is 5.72. The van der Waals surface area contributed by atoms with Crippen molar-refractivity contribution in [1.29, 1.82) is 0 Å². The summed E-state index contributed by atoms with van der Waals surface area (Å²) in [6.07, 6.45) is -1.59. The predicted octanol–water partition coefficient (Wildman–Crippen LogP) is 3.65. The summed E-state index contributed by atoms with van der Waals surface area (Å²) >= 11 is 1.10. The summed E-state index contributed by atoms with van der Waals surface area (Å²) < 4.78 is 39.0. The minimum absolute atomic E-state index is 0.197. The first-order valence-electron chi connectivity index (χ1n) is 6.67. The molecule has 1 N–H and O–H groups in total. The van der Waals surface area contributed by atoms with Gasteiger partial charge in [-0.25, -0.2) is 4.98 Å². The van der Waals surface area contributed by atoms with Gasteiger partial charge in [-0.1, -0.05) is 13.0 Å². The summed E-state index contributed by atoms with van der Waals surface area (Å²) in [4.78, 5) is 8.13. The van der Waals surface area contributed by atoms with Gasteiger partial charge in [-0.15, -0.1) is 11.3 Å². The number of hydrogen-bond donors (Lipinski definition) is 1. The molecule has 0 fully saturated rings. The Morgan fingerprint density at radius 2 is 2.10 bits per heavy atom. The number of pyridine rings is 1. The molecule has 0 aliphatic carbocycles. The zero-order valence-electron chi connectivity index (χ0n) is 11.6. The van der Waals surface area contributed by atoms with E-state index in [9.17, 15) is 13.2 Å². The lowest BCUT2D eigenvalue weighted by atomic mass is 10.3. The topological polar surface area (TPSA) is 37.8 Å². The molecule has 0 aliphatic rings. The van der Waals surface area contributed by atoms with Gasteiger partial charge in [0.2, 0.25) is 0 Å². The van der Waals surface area contributed by atoms with Crippen molar-refractivity contribution in [3.05, 3.63) is 45.7 Å². The van der Waals surface area contributed by atoms with Crippen LogP contribution in [0.1, 0.15) is 34.6 Å². The van der Waals surface area contributed by atoms with Gasteiger partial charge >= 0.3 is 6.18 Å². The van der Waals surface area contributed by atoms with Crippen LogP contribution in [-0.2, 0) is 19.1 Å². The normalized spacial score (nSPS) is 11.8. The van der Waals surface area contributed by atoms with Gasteiger partial charge in [0.1, 0.15) is 0 Å². The molecule has 0 bridgehead atoms. The molecule has 114 valence electrons. The van der Waals surface area contributed by atoms with Crippen LogP contribution in [0, 0.1) is 0 Å². The zero-order chi connectivity index (χ0) is 15.3. The van der Waals surface area contributed by atoms with E-state index in [1.807, 2.05) is 13.0 Å². The van der Waals surface area contributed by atoms with E-state index in [1.54, 1.807) is 18.3 Å². The molecule has 0 amide bonds. The number of nitrogens with zero attached hydrogens (tertiary/aromatic N) is 2. The van der Waals surface area contributed by atoms with Gasteiger partial charge in [0.25, 0.3) is 0 Å². The van der Waals surface area contributed by atoms with Gasteiger partial charge in [-0.05, 0) is 25.1 Å². The van der Waals surface area contributed by atoms with Gasteiger partial charge in [0.05, 0.1) is 9.88 Å². The van der Waals surface area contributed by atoms with Crippen LogP contribution in [0.2, 0.25) is 0 Å². The largest absolute Gasteiger partial charge is 0.434 e. The second kappa shape index (κ2) is 7.00. The zero-order valence-corrected chi connectivity index (χ0v) is 12.4. The highest BCUT2D eigenvalue weighted by atomic mass is 32.1. The lowest BCUT2D eigenvalue weighted by Crippen LogP contribution is -2.17. The SMILES string of the molecule is CCCNCc1sc(Cc2ccccn2)nc1C(F)(F)F. The van der Waals surface area contributed by atoms with Gasteiger partial charge in [-0.3, -0.25) is 4.98 Å². The molecule has 0 unspecified atom stereocenters. The fourth-order valence-corrected chi connectivity index (χ4v) is 2.93.